The highest BCUT2D eigenvalue weighted by Gasteiger charge is 2.20. The molecule has 9 heteroatoms. The number of pyridine rings is 1. The van der Waals surface area contributed by atoms with Gasteiger partial charge in [-0.25, -0.2) is 4.99 Å². The van der Waals surface area contributed by atoms with Gasteiger partial charge < -0.3 is 25.4 Å². The molecule has 1 heterocycles. The first kappa shape index (κ1) is 25.7. The molecule has 1 aliphatic carbocycles. The molecule has 0 aliphatic heterocycles. The number of para-hydroxylation sites is 1. The average molecular weight is 553 g/mol. The van der Waals surface area contributed by atoms with Crippen LogP contribution in [-0.2, 0) is 11.3 Å². The number of carbonyl (C=O) groups excluding carboxylic acids is 1. The van der Waals surface area contributed by atoms with E-state index in [2.05, 4.69) is 25.9 Å². The molecule has 32 heavy (non-hydrogen) atoms. The van der Waals surface area contributed by atoms with Crippen LogP contribution >= 0.6 is 24.0 Å². The van der Waals surface area contributed by atoms with E-state index < -0.39 is 0 Å². The van der Waals surface area contributed by atoms with Gasteiger partial charge in [-0.3, -0.25) is 9.78 Å². The van der Waals surface area contributed by atoms with E-state index in [1.807, 2.05) is 25.1 Å². The molecule has 3 N–H and O–H groups in total. The summed E-state index contributed by atoms with van der Waals surface area (Å²) < 4.78 is 11.8. The lowest BCUT2D eigenvalue weighted by Gasteiger charge is -2.19. The quantitative estimate of drug-likeness (QED) is 0.249. The summed E-state index contributed by atoms with van der Waals surface area (Å²) >= 11 is 0. The third-order valence-corrected chi connectivity index (χ3v) is 4.98. The Kier molecular flexibility index (Phi) is 11.1. The van der Waals surface area contributed by atoms with Crippen molar-refractivity contribution < 1.29 is 14.3 Å². The fraction of sp³-hybridized carbons (Fsp3) is 0.435. The number of methoxy groups -OCH3 is 1. The molecule has 1 aromatic carbocycles. The summed E-state index contributed by atoms with van der Waals surface area (Å²) in [6.45, 7) is 3.15. The molecule has 0 saturated heterocycles. The molecule has 0 bridgehead atoms. The number of nitrogens with zero attached hydrogens (tertiary/aromatic N) is 2. The van der Waals surface area contributed by atoms with Gasteiger partial charge in [-0.15, -0.1) is 24.0 Å². The SMILES string of the molecule is CCNC(=NCc1cccc(OC)c1OC1CCCC1)NCC(=O)Nc1cccnc1.I. The fourth-order valence-corrected chi connectivity index (χ4v) is 3.47. The number of aromatic nitrogens is 1. The fourth-order valence-electron chi connectivity index (χ4n) is 3.47. The zero-order valence-corrected chi connectivity index (χ0v) is 20.9. The van der Waals surface area contributed by atoms with Crippen LogP contribution in [0.1, 0.15) is 38.2 Å². The van der Waals surface area contributed by atoms with Crippen molar-refractivity contribution in [3.8, 4) is 11.5 Å². The number of rotatable bonds is 9. The molecule has 174 valence electrons. The third-order valence-electron chi connectivity index (χ3n) is 4.98. The summed E-state index contributed by atoms with van der Waals surface area (Å²) in [6, 6.07) is 9.40. The van der Waals surface area contributed by atoms with E-state index in [1.165, 1.54) is 12.8 Å². The van der Waals surface area contributed by atoms with E-state index in [1.54, 1.807) is 31.6 Å². The van der Waals surface area contributed by atoms with Gasteiger partial charge in [-0.2, -0.15) is 0 Å². The largest absolute Gasteiger partial charge is 0.493 e. The van der Waals surface area contributed by atoms with Crippen LogP contribution in [0.5, 0.6) is 11.5 Å². The highest BCUT2D eigenvalue weighted by atomic mass is 127. The zero-order chi connectivity index (χ0) is 21.9. The summed E-state index contributed by atoms with van der Waals surface area (Å²) in [5.74, 6) is 1.85. The molecule has 0 radical (unpaired) electrons. The minimum atomic E-state index is -0.176. The van der Waals surface area contributed by atoms with E-state index in [4.69, 9.17) is 9.47 Å². The Labute approximate surface area is 206 Å². The minimum Gasteiger partial charge on any atom is -0.493 e. The van der Waals surface area contributed by atoms with Crippen molar-refractivity contribution >= 4 is 41.5 Å². The number of amides is 1. The lowest BCUT2D eigenvalue weighted by molar-refractivity contribution is -0.115. The monoisotopic (exact) mass is 553 g/mol. The zero-order valence-electron chi connectivity index (χ0n) is 18.6. The molecular formula is C23H32IN5O3. The lowest BCUT2D eigenvalue weighted by Crippen LogP contribution is -2.41. The molecule has 0 atom stereocenters. The van der Waals surface area contributed by atoms with Gasteiger partial charge in [-0.05, 0) is 50.8 Å². The van der Waals surface area contributed by atoms with Crippen molar-refractivity contribution in [2.75, 3.05) is 25.5 Å². The predicted molar refractivity (Wildman–Crippen MR) is 137 cm³/mol. The number of hydrogen-bond acceptors (Lipinski definition) is 5. The number of benzene rings is 1. The van der Waals surface area contributed by atoms with Crippen molar-refractivity contribution in [3.63, 3.8) is 0 Å². The van der Waals surface area contributed by atoms with Crippen LogP contribution in [0.4, 0.5) is 5.69 Å². The second kappa shape index (κ2) is 13.8. The average Bonchev–Trinajstić information content (AvgIpc) is 3.30. The molecule has 0 spiro atoms. The van der Waals surface area contributed by atoms with Crippen molar-refractivity contribution in [2.24, 2.45) is 4.99 Å². The maximum Gasteiger partial charge on any atom is 0.243 e. The highest BCUT2D eigenvalue weighted by molar-refractivity contribution is 14.0. The van der Waals surface area contributed by atoms with Gasteiger partial charge >= 0.3 is 0 Å². The Morgan fingerprint density at radius 1 is 1.19 bits per heavy atom. The summed E-state index contributed by atoms with van der Waals surface area (Å²) in [7, 11) is 1.65. The summed E-state index contributed by atoms with van der Waals surface area (Å²) in [5, 5.41) is 9.03. The van der Waals surface area contributed by atoms with E-state index in [0.29, 0.717) is 30.5 Å². The molecule has 1 fully saturated rings. The van der Waals surface area contributed by atoms with Crippen LogP contribution in [0.3, 0.4) is 0 Å². The molecule has 1 aliphatic rings. The number of aliphatic imine (C=N–C) groups is 1. The van der Waals surface area contributed by atoms with Crippen molar-refractivity contribution in [3.05, 3.63) is 48.3 Å². The molecule has 1 amide bonds. The molecule has 1 aromatic heterocycles. The van der Waals surface area contributed by atoms with Crippen LogP contribution in [0.15, 0.2) is 47.7 Å². The summed E-state index contributed by atoms with van der Waals surface area (Å²) in [5.41, 5.74) is 1.60. The molecule has 1 saturated carbocycles. The minimum absolute atomic E-state index is 0. The maximum absolute atomic E-state index is 12.2. The second-order valence-corrected chi connectivity index (χ2v) is 7.31. The van der Waals surface area contributed by atoms with Gasteiger partial charge in [0.05, 0.1) is 38.2 Å². The van der Waals surface area contributed by atoms with Crippen molar-refractivity contribution in [1.29, 1.82) is 0 Å². The second-order valence-electron chi connectivity index (χ2n) is 7.31. The third kappa shape index (κ3) is 7.85. The lowest BCUT2D eigenvalue weighted by atomic mass is 10.1. The van der Waals surface area contributed by atoms with Crippen LogP contribution in [0, 0.1) is 0 Å². The predicted octanol–water partition coefficient (Wildman–Crippen LogP) is 3.72. The maximum atomic E-state index is 12.2. The molecule has 2 aromatic rings. The molecule has 0 unspecified atom stereocenters. The van der Waals surface area contributed by atoms with Crippen molar-refractivity contribution in [2.45, 2.75) is 45.3 Å². The number of carbonyl (C=O) groups is 1. The van der Waals surface area contributed by atoms with Crippen LogP contribution in [0.25, 0.3) is 0 Å². The molecule has 3 rings (SSSR count). The van der Waals surface area contributed by atoms with Gasteiger partial charge in [0, 0.05) is 18.3 Å². The molecule has 8 nitrogen and oxygen atoms in total. The van der Waals surface area contributed by atoms with Gasteiger partial charge in [0.1, 0.15) is 0 Å². The number of halogens is 1. The number of hydrogen-bond donors (Lipinski definition) is 3. The Balaban J connectivity index is 0.00000363. The number of ether oxygens (including phenoxy) is 2. The number of nitrogens with one attached hydrogen (secondary N) is 3. The number of anilines is 1. The van der Waals surface area contributed by atoms with Crippen molar-refractivity contribution in [1.82, 2.24) is 15.6 Å². The number of guanidine groups is 1. The normalized spacial score (nSPS) is 13.8. The Hall–Kier alpha value is -2.56. The summed E-state index contributed by atoms with van der Waals surface area (Å²) in [4.78, 5) is 20.8. The van der Waals surface area contributed by atoms with Gasteiger partial charge in [0.15, 0.2) is 17.5 Å². The molecular weight excluding hydrogens is 521 g/mol. The van der Waals surface area contributed by atoms with Crippen LogP contribution in [0.2, 0.25) is 0 Å². The van der Waals surface area contributed by atoms with E-state index in [0.717, 1.165) is 24.2 Å². The first-order valence-corrected chi connectivity index (χ1v) is 10.7. The van der Waals surface area contributed by atoms with Crippen LogP contribution in [-0.4, -0.2) is 43.2 Å². The van der Waals surface area contributed by atoms with E-state index >= 15 is 0 Å². The van der Waals surface area contributed by atoms with Gasteiger partial charge in [-0.1, -0.05) is 12.1 Å². The smallest absolute Gasteiger partial charge is 0.243 e. The first-order chi connectivity index (χ1) is 15.2. The van der Waals surface area contributed by atoms with E-state index in [-0.39, 0.29) is 42.5 Å². The van der Waals surface area contributed by atoms with Crippen LogP contribution < -0.4 is 25.4 Å². The Morgan fingerprint density at radius 2 is 2.00 bits per heavy atom. The Morgan fingerprint density at radius 3 is 2.69 bits per heavy atom. The highest BCUT2D eigenvalue weighted by Crippen LogP contribution is 2.35. The standard InChI is InChI=1S/C23H31N5O3.HI/c1-3-25-23(27-16-21(29)28-18-9-7-13-24-15-18)26-14-17-8-6-12-20(30-2)22(17)31-19-10-4-5-11-19;/h6-9,12-13,15,19H,3-5,10-11,14,16H2,1-2H3,(H,28,29)(H2,25,26,27);1H. The Bertz CT molecular complexity index is 873. The van der Waals surface area contributed by atoms with E-state index in [9.17, 15) is 4.79 Å². The van der Waals surface area contributed by atoms with Gasteiger partial charge in [0.25, 0.3) is 0 Å². The van der Waals surface area contributed by atoms with Gasteiger partial charge in [0.2, 0.25) is 5.91 Å². The summed E-state index contributed by atoms with van der Waals surface area (Å²) in [6.07, 6.45) is 8.01. The topological polar surface area (TPSA) is 96.9 Å². The first-order valence-electron chi connectivity index (χ1n) is 10.7.